The molecule has 1 aliphatic carbocycles. The molecule has 1 aromatic carbocycles. The zero-order chi connectivity index (χ0) is 18.4. The van der Waals surface area contributed by atoms with Gasteiger partial charge in [-0.2, -0.15) is 0 Å². The number of nitrogens with zero attached hydrogens (tertiary/aromatic N) is 1. The van der Waals surface area contributed by atoms with Gasteiger partial charge in [0.05, 0.1) is 11.0 Å². The first kappa shape index (κ1) is 19.2. The lowest BCUT2D eigenvalue weighted by Crippen LogP contribution is -2.40. The van der Waals surface area contributed by atoms with E-state index in [9.17, 15) is 9.59 Å². The number of aryl methyl sites for hydroxylation is 1. The maximum atomic E-state index is 12.0. The molecule has 6 heteroatoms. The summed E-state index contributed by atoms with van der Waals surface area (Å²) in [5.41, 5.74) is 8.64. The monoisotopic (exact) mass is 405 g/mol. The normalized spacial score (nSPS) is 19.2. The van der Waals surface area contributed by atoms with Crippen LogP contribution in [0.5, 0.6) is 0 Å². The number of carbonyl (C=O) groups excluding carboxylic acids is 2. The number of allylic oxidation sites excluding steroid dienone is 3. The van der Waals surface area contributed by atoms with Crippen LogP contribution in [-0.4, -0.2) is 25.3 Å². The smallest absolute Gasteiger partial charge is 0.257 e. The highest BCUT2D eigenvalue weighted by atomic mass is 79.9. The molecule has 0 saturated carbocycles. The molecule has 1 atom stereocenters. The molecule has 0 bridgehead atoms. The fourth-order valence-electron chi connectivity index (χ4n) is 2.52. The van der Waals surface area contributed by atoms with Gasteiger partial charge in [0.2, 0.25) is 0 Å². The number of likely N-dealkylation sites (N-methyl/N-ethyl adjacent to an activating group) is 1. The SMILES string of the molecule is Cc1ccc(N(C)CC(=O)NN/C=C2/C=C(Br)C(=O)C(C)CC2)cc1. The number of halogens is 1. The van der Waals surface area contributed by atoms with Crippen molar-refractivity contribution in [2.75, 3.05) is 18.5 Å². The van der Waals surface area contributed by atoms with Gasteiger partial charge in [-0.05, 0) is 59.5 Å². The van der Waals surface area contributed by atoms with Gasteiger partial charge in [-0.3, -0.25) is 15.0 Å². The number of hydrazine groups is 1. The molecule has 0 aliphatic heterocycles. The highest BCUT2D eigenvalue weighted by Gasteiger charge is 2.19. The molecule has 1 unspecified atom stereocenters. The zero-order valence-corrected chi connectivity index (χ0v) is 16.4. The van der Waals surface area contributed by atoms with Gasteiger partial charge in [0.25, 0.3) is 5.91 Å². The van der Waals surface area contributed by atoms with Gasteiger partial charge in [0.1, 0.15) is 0 Å². The predicted octanol–water partition coefficient (Wildman–Crippen LogP) is 3.21. The molecule has 5 nitrogen and oxygen atoms in total. The Bertz CT molecular complexity index is 695. The first-order valence-electron chi connectivity index (χ1n) is 8.29. The molecule has 25 heavy (non-hydrogen) atoms. The number of Topliss-reactive ketones (excluding diaryl/α,β-unsaturated/α-hetero) is 1. The van der Waals surface area contributed by atoms with E-state index in [2.05, 4.69) is 26.8 Å². The lowest BCUT2D eigenvalue weighted by molar-refractivity contribution is -0.120. The van der Waals surface area contributed by atoms with Gasteiger partial charge in [0, 0.05) is 24.9 Å². The molecule has 134 valence electrons. The van der Waals surface area contributed by atoms with Crippen LogP contribution in [0.4, 0.5) is 5.69 Å². The third-order valence-electron chi connectivity index (χ3n) is 4.19. The van der Waals surface area contributed by atoms with Crippen LogP contribution < -0.4 is 15.8 Å². The largest absolute Gasteiger partial charge is 0.365 e. The summed E-state index contributed by atoms with van der Waals surface area (Å²) in [6.45, 7) is 4.20. The Kier molecular flexibility index (Phi) is 6.82. The highest BCUT2D eigenvalue weighted by Crippen LogP contribution is 2.25. The fourth-order valence-corrected chi connectivity index (χ4v) is 3.21. The molecule has 0 radical (unpaired) electrons. The van der Waals surface area contributed by atoms with E-state index in [0.717, 1.165) is 24.1 Å². The van der Waals surface area contributed by atoms with Crippen LogP contribution in [0.3, 0.4) is 0 Å². The number of hydrogen-bond donors (Lipinski definition) is 2. The number of ketones is 1. The summed E-state index contributed by atoms with van der Waals surface area (Å²) >= 11 is 3.32. The first-order chi connectivity index (χ1) is 11.9. The van der Waals surface area contributed by atoms with Crippen LogP contribution in [0.25, 0.3) is 0 Å². The summed E-state index contributed by atoms with van der Waals surface area (Å²) < 4.78 is 0.580. The molecule has 2 N–H and O–H groups in total. The van der Waals surface area contributed by atoms with E-state index >= 15 is 0 Å². The van der Waals surface area contributed by atoms with Crippen LogP contribution in [0.2, 0.25) is 0 Å². The molecule has 0 heterocycles. The van der Waals surface area contributed by atoms with Crippen molar-refractivity contribution in [2.24, 2.45) is 5.92 Å². The molecule has 0 saturated heterocycles. The second-order valence-electron chi connectivity index (χ2n) is 6.40. The topological polar surface area (TPSA) is 61.4 Å². The Labute approximate surface area is 157 Å². The van der Waals surface area contributed by atoms with Crippen molar-refractivity contribution < 1.29 is 9.59 Å². The third kappa shape index (κ3) is 5.74. The number of nitrogens with one attached hydrogen (secondary N) is 2. The van der Waals surface area contributed by atoms with Crippen LogP contribution in [0.1, 0.15) is 25.3 Å². The summed E-state index contributed by atoms with van der Waals surface area (Å²) in [6, 6.07) is 8.02. The Morgan fingerprint density at radius 3 is 2.72 bits per heavy atom. The van der Waals surface area contributed by atoms with Gasteiger partial charge >= 0.3 is 0 Å². The number of hydrogen-bond acceptors (Lipinski definition) is 4. The van der Waals surface area contributed by atoms with E-state index < -0.39 is 0 Å². The summed E-state index contributed by atoms with van der Waals surface area (Å²) in [5, 5.41) is 0. The van der Waals surface area contributed by atoms with Gasteiger partial charge in [-0.1, -0.05) is 24.6 Å². The summed E-state index contributed by atoms with van der Waals surface area (Å²) in [5.74, 6) is -0.0116. The maximum absolute atomic E-state index is 12.0. The molecule has 1 aliphatic rings. The lowest BCUT2D eigenvalue weighted by atomic mass is 10.0. The zero-order valence-electron chi connectivity index (χ0n) is 14.8. The quantitative estimate of drug-likeness (QED) is 0.738. The third-order valence-corrected chi connectivity index (χ3v) is 4.81. The van der Waals surface area contributed by atoms with E-state index in [0.29, 0.717) is 4.48 Å². The Hall–Kier alpha value is -2.08. The van der Waals surface area contributed by atoms with E-state index in [4.69, 9.17) is 0 Å². The number of carbonyl (C=O) groups is 2. The van der Waals surface area contributed by atoms with Crippen molar-refractivity contribution in [3.63, 3.8) is 0 Å². The summed E-state index contributed by atoms with van der Waals surface area (Å²) in [4.78, 5) is 25.8. The summed E-state index contributed by atoms with van der Waals surface area (Å²) in [6.07, 6.45) is 5.12. The van der Waals surface area contributed by atoms with Crippen molar-refractivity contribution >= 4 is 33.3 Å². The first-order valence-corrected chi connectivity index (χ1v) is 9.08. The van der Waals surface area contributed by atoms with Gasteiger partial charge in [-0.15, -0.1) is 0 Å². The number of rotatable bonds is 5. The summed E-state index contributed by atoms with van der Waals surface area (Å²) in [7, 11) is 1.88. The van der Waals surface area contributed by atoms with E-state index in [1.165, 1.54) is 5.56 Å². The number of benzene rings is 1. The molecular formula is C19H24BrN3O2. The molecular weight excluding hydrogens is 382 g/mol. The maximum Gasteiger partial charge on any atom is 0.257 e. The van der Waals surface area contributed by atoms with E-state index in [-0.39, 0.29) is 24.2 Å². The lowest BCUT2D eigenvalue weighted by Gasteiger charge is -2.19. The van der Waals surface area contributed by atoms with Crippen LogP contribution in [0, 0.1) is 12.8 Å². The van der Waals surface area contributed by atoms with E-state index in [1.54, 1.807) is 6.20 Å². The second-order valence-corrected chi connectivity index (χ2v) is 7.25. The van der Waals surface area contributed by atoms with Gasteiger partial charge < -0.3 is 10.3 Å². The predicted molar refractivity (Wildman–Crippen MR) is 104 cm³/mol. The molecule has 1 amide bonds. The molecule has 0 spiro atoms. The highest BCUT2D eigenvalue weighted by molar-refractivity contribution is 9.12. The fraction of sp³-hybridized carbons (Fsp3) is 0.368. The van der Waals surface area contributed by atoms with Crippen molar-refractivity contribution in [1.82, 2.24) is 10.9 Å². The number of amides is 1. The minimum atomic E-state index is -0.138. The minimum Gasteiger partial charge on any atom is -0.365 e. The van der Waals surface area contributed by atoms with Crippen LogP contribution in [-0.2, 0) is 9.59 Å². The Morgan fingerprint density at radius 2 is 2.04 bits per heavy atom. The molecule has 1 aromatic rings. The second kappa shape index (κ2) is 8.85. The van der Waals surface area contributed by atoms with E-state index in [1.807, 2.05) is 56.1 Å². The van der Waals surface area contributed by atoms with Gasteiger partial charge in [-0.25, -0.2) is 0 Å². The van der Waals surface area contributed by atoms with Crippen molar-refractivity contribution in [1.29, 1.82) is 0 Å². The van der Waals surface area contributed by atoms with Crippen LogP contribution >= 0.6 is 15.9 Å². The average molecular weight is 406 g/mol. The Balaban J connectivity index is 1.85. The standard InChI is InChI=1S/C19H24BrN3O2/c1-13-4-8-16(9-5-13)23(3)12-18(24)22-21-11-15-7-6-14(2)19(25)17(20)10-15/h4-5,8-11,14,21H,6-7,12H2,1-3H3,(H,22,24)/b15-11+. The average Bonchev–Trinajstić information content (AvgIpc) is 2.69. The molecule has 0 aromatic heterocycles. The van der Waals surface area contributed by atoms with Crippen LogP contribution in [0.15, 0.2) is 46.6 Å². The molecule has 2 rings (SSSR count). The van der Waals surface area contributed by atoms with Gasteiger partial charge in [0.15, 0.2) is 5.78 Å². The molecule has 0 fully saturated rings. The van der Waals surface area contributed by atoms with Crippen molar-refractivity contribution in [3.05, 3.63) is 52.2 Å². The van der Waals surface area contributed by atoms with Crippen molar-refractivity contribution in [2.45, 2.75) is 26.7 Å². The number of anilines is 1. The Morgan fingerprint density at radius 1 is 1.36 bits per heavy atom. The minimum absolute atomic E-state index is 0.00859. The van der Waals surface area contributed by atoms with Crippen molar-refractivity contribution in [3.8, 4) is 0 Å².